The highest BCUT2D eigenvalue weighted by Crippen LogP contribution is 2.13. The number of carbonyl (C=O) groups excluding carboxylic acids is 1. The van der Waals surface area contributed by atoms with Gasteiger partial charge in [0, 0.05) is 45.3 Å². The molecule has 0 bridgehead atoms. The Morgan fingerprint density at radius 3 is 2.79 bits per heavy atom. The van der Waals surface area contributed by atoms with Crippen LogP contribution in [0.25, 0.3) is 0 Å². The average molecular weight is 265 g/mol. The van der Waals surface area contributed by atoms with E-state index in [0.717, 1.165) is 37.5 Å². The molecule has 0 aliphatic carbocycles. The van der Waals surface area contributed by atoms with Crippen molar-refractivity contribution in [2.75, 3.05) is 33.2 Å². The van der Waals surface area contributed by atoms with Crippen molar-refractivity contribution in [1.82, 2.24) is 15.1 Å². The molecule has 1 N–H and O–H groups in total. The summed E-state index contributed by atoms with van der Waals surface area (Å²) < 4.78 is 5.27. The summed E-state index contributed by atoms with van der Waals surface area (Å²) in [6, 6.07) is 1.87. The zero-order chi connectivity index (χ0) is 13.8. The van der Waals surface area contributed by atoms with Crippen molar-refractivity contribution in [3.05, 3.63) is 23.7 Å². The van der Waals surface area contributed by atoms with E-state index in [1.807, 2.05) is 27.0 Å². The Balaban J connectivity index is 1.92. The molecule has 1 aliphatic heterocycles. The molecular weight excluding hydrogens is 242 g/mol. The summed E-state index contributed by atoms with van der Waals surface area (Å²) in [6.45, 7) is 8.32. The number of hydrogen-bond donors (Lipinski definition) is 1. The van der Waals surface area contributed by atoms with E-state index in [0.29, 0.717) is 6.54 Å². The number of nitrogens with one attached hydrogen (secondary N) is 1. The van der Waals surface area contributed by atoms with Gasteiger partial charge in [-0.2, -0.15) is 0 Å². The first kappa shape index (κ1) is 14.1. The number of aryl methyl sites for hydroxylation is 1. The summed E-state index contributed by atoms with van der Waals surface area (Å²) in [4.78, 5) is 16.4. The Labute approximate surface area is 114 Å². The standard InChI is InChI=1S/C14H23N3O2/c1-11(17-7-5-15-6-8-17)14(18)16(3)10-13-4-9-19-12(13)2/h4,9,11,15H,5-8,10H2,1-3H3. The molecular formula is C14H23N3O2. The van der Waals surface area contributed by atoms with Crippen molar-refractivity contribution in [3.8, 4) is 0 Å². The van der Waals surface area contributed by atoms with Crippen LogP contribution in [0.15, 0.2) is 16.7 Å². The van der Waals surface area contributed by atoms with Crippen LogP contribution in [0, 0.1) is 6.92 Å². The first-order valence-electron chi connectivity index (χ1n) is 6.82. The van der Waals surface area contributed by atoms with Gasteiger partial charge in [-0.3, -0.25) is 9.69 Å². The molecule has 1 unspecified atom stereocenters. The predicted molar refractivity (Wildman–Crippen MR) is 73.8 cm³/mol. The SMILES string of the molecule is Cc1occc1CN(C)C(=O)C(C)N1CCNCC1. The molecule has 1 aliphatic rings. The summed E-state index contributed by atoms with van der Waals surface area (Å²) in [5.74, 6) is 1.05. The molecule has 106 valence electrons. The quantitative estimate of drug-likeness (QED) is 0.876. The van der Waals surface area contributed by atoms with E-state index in [2.05, 4.69) is 10.2 Å². The fraction of sp³-hybridized carbons (Fsp3) is 0.643. The summed E-state index contributed by atoms with van der Waals surface area (Å²) >= 11 is 0. The molecule has 0 spiro atoms. The van der Waals surface area contributed by atoms with Gasteiger partial charge in [0.2, 0.25) is 5.91 Å². The lowest BCUT2D eigenvalue weighted by atomic mass is 10.2. The lowest BCUT2D eigenvalue weighted by Gasteiger charge is -2.34. The number of furan rings is 1. The minimum atomic E-state index is -0.0562. The van der Waals surface area contributed by atoms with Gasteiger partial charge in [0.25, 0.3) is 0 Å². The second-order valence-electron chi connectivity index (χ2n) is 5.16. The number of nitrogens with zero attached hydrogens (tertiary/aromatic N) is 2. The van der Waals surface area contributed by atoms with Crippen molar-refractivity contribution >= 4 is 5.91 Å². The van der Waals surface area contributed by atoms with Crippen molar-refractivity contribution in [1.29, 1.82) is 0 Å². The van der Waals surface area contributed by atoms with E-state index in [9.17, 15) is 4.79 Å². The Kier molecular flexibility index (Phi) is 4.61. The van der Waals surface area contributed by atoms with Gasteiger partial charge in [-0.05, 0) is 19.9 Å². The van der Waals surface area contributed by atoms with Gasteiger partial charge in [-0.15, -0.1) is 0 Å². The molecule has 1 fully saturated rings. The summed E-state index contributed by atoms with van der Waals surface area (Å²) in [5.41, 5.74) is 1.07. The number of rotatable bonds is 4. The largest absolute Gasteiger partial charge is 0.469 e. The zero-order valence-corrected chi connectivity index (χ0v) is 12.0. The third-order valence-electron chi connectivity index (χ3n) is 3.81. The topological polar surface area (TPSA) is 48.7 Å². The smallest absolute Gasteiger partial charge is 0.239 e. The predicted octanol–water partition coefficient (Wildman–Crippen LogP) is 0.840. The number of carbonyl (C=O) groups is 1. The summed E-state index contributed by atoms with van der Waals surface area (Å²) in [6.07, 6.45) is 1.67. The second kappa shape index (κ2) is 6.21. The van der Waals surface area contributed by atoms with Crippen LogP contribution in [0.5, 0.6) is 0 Å². The normalized spacial score (nSPS) is 18.3. The molecule has 2 heterocycles. The molecule has 1 saturated heterocycles. The van der Waals surface area contributed by atoms with E-state index >= 15 is 0 Å². The van der Waals surface area contributed by atoms with Crippen molar-refractivity contribution in [2.24, 2.45) is 0 Å². The van der Waals surface area contributed by atoms with Gasteiger partial charge >= 0.3 is 0 Å². The van der Waals surface area contributed by atoms with Crippen molar-refractivity contribution in [2.45, 2.75) is 26.4 Å². The van der Waals surface area contributed by atoms with Gasteiger partial charge in [0.05, 0.1) is 12.3 Å². The third kappa shape index (κ3) is 3.36. The fourth-order valence-corrected chi connectivity index (χ4v) is 2.45. The van der Waals surface area contributed by atoms with Crippen LogP contribution in [0.4, 0.5) is 0 Å². The van der Waals surface area contributed by atoms with E-state index in [1.165, 1.54) is 0 Å². The minimum absolute atomic E-state index is 0.0562. The van der Waals surface area contributed by atoms with E-state index in [-0.39, 0.29) is 11.9 Å². The molecule has 5 nitrogen and oxygen atoms in total. The molecule has 1 aromatic rings. The van der Waals surface area contributed by atoms with Crippen molar-refractivity contribution in [3.63, 3.8) is 0 Å². The van der Waals surface area contributed by atoms with Gasteiger partial charge < -0.3 is 14.6 Å². The summed E-state index contributed by atoms with van der Waals surface area (Å²) in [5, 5.41) is 3.30. The van der Waals surface area contributed by atoms with Gasteiger partial charge in [0.15, 0.2) is 0 Å². The number of amides is 1. The van der Waals surface area contributed by atoms with Crippen LogP contribution in [-0.4, -0.2) is 55.0 Å². The molecule has 0 saturated carbocycles. The monoisotopic (exact) mass is 265 g/mol. The van der Waals surface area contributed by atoms with Gasteiger partial charge in [-0.25, -0.2) is 0 Å². The highest BCUT2D eigenvalue weighted by atomic mass is 16.3. The van der Waals surface area contributed by atoms with Crippen LogP contribution in [0.3, 0.4) is 0 Å². The van der Waals surface area contributed by atoms with Crippen LogP contribution in [0.1, 0.15) is 18.2 Å². The minimum Gasteiger partial charge on any atom is -0.469 e. The van der Waals surface area contributed by atoms with Crippen LogP contribution in [-0.2, 0) is 11.3 Å². The molecule has 2 rings (SSSR count). The molecule has 1 aromatic heterocycles. The van der Waals surface area contributed by atoms with E-state index in [1.54, 1.807) is 11.2 Å². The molecule has 1 amide bonds. The average Bonchev–Trinajstić information content (AvgIpc) is 2.83. The highest BCUT2D eigenvalue weighted by Gasteiger charge is 2.25. The maximum atomic E-state index is 12.4. The Morgan fingerprint density at radius 1 is 1.53 bits per heavy atom. The van der Waals surface area contributed by atoms with Crippen molar-refractivity contribution < 1.29 is 9.21 Å². The first-order chi connectivity index (χ1) is 9.09. The third-order valence-corrected chi connectivity index (χ3v) is 3.81. The molecule has 5 heteroatoms. The molecule has 19 heavy (non-hydrogen) atoms. The highest BCUT2D eigenvalue weighted by molar-refractivity contribution is 5.81. The maximum absolute atomic E-state index is 12.4. The number of piperazine rings is 1. The molecule has 0 aromatic carbocycles. The summed E-state index contributed by atoms with van der Waals surface area (Å²) in [7, 11) is 1.85. The first-order valence-corrected chi connectivity index (χ1v) is 6.82. The van der Waals surface area contributed by atoms with E-state index < -0.39 is 0 Å². The Hall–Kier alpha value is -1.33. The Bertz CT molecular complexity index is 424. The Morgan fingerprint density at radius 2 is 2.21 bits per heavy atom. The molecule has 0 radical (unpaired) electrons. The van der Waals surface area contributed by atoms with Crippen LogP contribution < -0.4 is 5.32 Å². The van der Waals surface area contributed by atoms with Crippen LogP contribution in [0.2, 0.25) is 0 Å². The lowest BCUT2D eigenvalue weighted by molar-refractivity contribution is -0.135. The van der Waals surface area contributed by atoms with Crippen LogP contribution >= 0.6 is 0 Å². The zero-order valence-electron chi connectivity index (χ0n) is 12.0. The lowest BCUT2D eigenvalue weighted by Crippen LogP contribution is -2.52. The molecule has 1 atom stereocenters. The fourth-order valence-electron chi connectivity index (χ4n) is 2.45. The number of hydrogen-bond acceptors (Lipinski definition) is 4. The van der Waals surface area contributed by atoms with E-state index in [4.69, 9.17) is 4.42 Å². The van der Waals surface area contributed by atoms with Gasteiger partial charge in [0.1, 0.15) is 5.76 Å². The maximum Gasteiger partial charge on any atom is 0.239 e. The van der Waals surface area contributed by atoms with Gasteiger partial charge in [-0.1, -0.05) is 0 Å². The second-order valence-corrected chi connectivity index (χ2v) is 5.16. The number of likely N-dealkylation sites (N-methyl/N-ethyl adjacent to an activating group) is 1.